The molecule has 0 spiro atoms. The minimum Gasteiger partial charge on any atom is -0.381 e. The standard InChI is InChI=1S/C15H25N3OS/c1-16-15(17-12-13-6-9-19-10-7-13)18(2)8-5-14-4-3-11-20-14/h3-4,11,13H,5-10,12H2,1-2H3,(H,16,17). The van der Waals surface area contributed by atoms with E-state index < -0.39 is 0 Å². The number of guanidine groups is 1. The van der Waals surface area contributed by atoms with Crippen LogP contribution in [0.1, 0.15) is 17.7 Å². The summed E-state index contributed by atoms with van der Waals surface area (Å²) < 4.78 is 5.39. The molecule has 1 saturated heterocycles. The van der Waals surface area contributed by atoms with Crippen LogP contribution in [-0.4, -0.2) is 51.3 Å². The van der Waals surface area contributed by atoms with Gasteiger partial charge in [-0.15, -0.1) is 11.3 Å². The zero-order valence-electron chi connectivity index (χ0n) is 12.5. The van der Waals surface area contributed by atoms with Gasteiger partial charge in [0.15, 0.2) is 5.96 Å². The smallest absolute Gasteiger partial charge is 0.193 e. The third-order valence-corrected chi connectivity index (χ3v) is 4.67. The molecule has 20 heavy (non-hydrogen) atoms. The molecule has 112 valence electrons. The zero-order valence-corrected chi connectivity index (χ0v) is 13.3. The summed E-state index contributed by atoms with van der Waals surface area (Å²) in [6, 6.07) is 4.30. The Kier molecular flexibility index (Phi) is 6.33. The molecule has 5 heteroatoms. The van der Waals surface area contributed by atoms with Crippen molar-refractivity contribution in [3.63, 3.8) is 0 Å². The number of hydrogen-bond donors (Lipinski definition) is 1. The summed E-state index contributed by atoms with van der Waals surface area (Å²) in [7, 11) is 3.96. The topological polar surface area (TPSA) is 36.9 Å². The van der Waals surface area contributed by atoms with E-state index in [-0.39, 0.29) is 0 Å². The molecule has 0 unspecified atom stereocenters. The SMILES string of the molecule is CN=C(NCC1CCOCC1)N(C)CCc1cccs1. The average Bonchev–Trinajstić information content (AvgIpc) is 3.00. The van der Waals surface area contributed by atoms with Gasteiger partial charge in [0.1, 0.15) is 0 Å². The van der Waals surface area contributed by atoms with Crippen molar-refractivity contribution in [3.8, 4) is 0 Å². The maximum absolute atomic E-state index is 5.39. The third-order valence-electron chi connectivity index (χ3n) is 3.74. The molecule has 4 nitrogen and oxygen atoms in total. The maximum atomic E-state index is 5.39. The van der Waals surface area contributed by atoms with E-state index in [9.17, 15) is 0 Å². The van der Waals surface area contributed by atoms with E-state index >= 15 is 0 Å². The molecule has 2 rings (SSSR count). The van der Waals surface area contributed by atoms with E-state index in [1.807, 2.05) is 18.4 Å². The van der Waals surface area contributed by atoms with Gasteiger partial charge in [0.05, 0.1) is 0 Å². The highest BCUT2D eigenvalue weighted by Crippen LogP contribution is 2.13. The lowest BCUT2D eigenvalue weighted by atomic mass is 10.0. The number of thiophene rings is 1. The minimum atomic E-state index is 0.714. The van der Waals surface area contributed by atoms with Crippen molar-refractivity contribution in [1.29, 1.82) is 0 Å². The molecular formula is C15H25N3OS. The number of likely N-dealkylation sites (N-methyl/N-ethyl adjacent to an activating group) is 1. The second-order valence-corrected chi connectivity index (χ2v) is 6.27. The summed E-state index contributed by atoms with van der Waals surface area (Å²) in [4.78, 5) is 8.01. The summed E-state index contributed by atoms with van der Waals surface area (Å²) >= 11 is 1.82. The molecule has 1 aromatic heterocycles. The molecule has 1 aliphatic heterocycles. The van der Waals surface area contributed by atoms with Gasteiger partial charge < -0.3 is 15.0 Å². The Labute approximate surface area is 125 Å². The van der Waals surface area contributed by atoms with Crippen LogP contribution in [0.25, 0.3) is 0 Å². The van der Waals surface area contributed by atoms with E-state index in [1.165, 1.54) is 4.88 Å². The number of rotatable bonds is 5. The van der Waals surface area contributed by atoms with Crippen LogP contribution in [0.5, 0.6) is 0 Å². The Hall–Kier alpha value is -1.07. The number of nitrogens with zero attached hydrogens (tertiary/aromatic N) is 2. The van der Waals surface area contributed by atoms with Gasteiger partial charge in [-0.3, -0.25) is 4.99 Å². The van der Waals surface area contributed by atoms with Crippen molar-refractivity contribution in [2.75, 3.05) is 40.4 Å². The van der Waals surface area contributed by atoms with Crippen molar-refractivity contribution in [2.45, 2.75) is 19.3 Å². The van der Waals surface area contributed by atoms with E-state index in [4.69, 9.17) is 4.74 Å². The molecule has 0 amide bonds. The normalized spacial score (nSPS) is 17.2. The van der Waals surface area contributed by atoms with Gasteiger partial charge in [-0.2, -0.15) is 0 Å². The van der Waals surface area contributed by atoms with Crippen LogP contribution in [-0.2, 0) is 11.2 Å². The fraction of sp³-hybridized carbons (Fsp3) is 0.667. The summed E-state index contributed by atoms with van der Waals surface area (Å²) in [5.74, 6) is 1.71. The van der Waals surface area contributed by atoms with E-state index in [1.54, 1.807) is 0 Å². The highest BCUT2D eigenvalue weighted by Gasteiger charge is 2.15. The summed E-state index contributed by atoms with van der Waals surface area (Å²) in [5, 5.41) is 5.63. The van der Waals surface area contributed by atoms with Crippen molar-refractivity contribution >= 4 is 17.3 Å². The largest absolute Gasteiger partial charge is 0.381 e. The summed E-state index contributed by atoms with van der Waals surface area (Å²) in [6.07, 6.45) is 3.39. The van der Waals surface area contributed by atoms with Crippen molar-refractivity contribution in [2.24, 2.45) is 10.9 Å². The summed E-state index contributed by atoms with van der Waals surface area (Å²) in [5.41, 5.74) is 0. The number of aliphatic imine (C=N–C) groups is 1. The van der Waals surface area contributed by atoms with Crippen molar-refractivity contribution in [3.05, 3.63) is 22.4 Å². The summed E-state index contributed by atoms with van der Waals surface area (Å²) in [6.45, 7) is 3.80. The molecule has 0 atom stereocenters. The van der Waals surface area contributed by atoms with E-state index in [2.05, 4.69) is 39.8 Å². The van der Waals surface area contributed by atoms with E-state index in [0.29, 0.717) is 5.92 Å². The number of nitrogens with one attached hydrogen (secondary N) is 1. The number of ether oxygens (including phenoxy) is 1. The molecule has 0 saturated carbocycles. The lowest BCUT2D eigenvalue weighted by Crippen LogP contribution is -2.42. The second-order valence-electron chi connectivity index (χ2n) is 5.23. The lowest BCUT2D eigenvalue weighted by Gasteiger charge is -2.26. The monoisotopic (exact) mass is 295 g/mol. The van der Waals surface area contributed by atoms with Crippen molar-refractivity contribution < 1.29 is 4.74 Å². The predicted molar refractivity (Wildman–Crippen MR) is 85.6 cm³/mol. The van der Waals surface area contributed by atoms with Crippen LogP contribution in [0.2, 0.25) is 0 Å². The highest BCUT2D eigenvalue weighted by molar-refractivity contribution is 7.09. The van der Waals surface area contributed by atoms with Crippen LogP contribution in [0.15, 0.2) is 22.5 Å². The van der Waals surface area contributed by atoms with E-state index in [0.717, 1.165) is 51.5 Å². The second kappa shape index (κ2) is 8.27. The molecule has 0 aromatic carbocycles. The Morgan fingerprint density at radius 2 is 2.30 bits per heavy atom. The molecule has 0 aliphatic carbocycles. The van der Waals surface area contributed by atoms with Crippen LogP contribution < -0.4 is 5.32 Å². The Morgan fingerprint density at radius 1 is 1.50 bits per heavy atom. The van der Waals surface area contributed by atoms with Crippen LogP contribution in [0.3, 0.4) is 0 Å². The Morgan fingerprint density at radius 3 is 2.95 bits per heavy atom. The fourth-order valence-corrected chi connectivity index (χ4v) is 3.11. The zero-order chi connectivity index (χ0) is 14.2. The van der Waals surface area contributed by atoms with Crippen LogP contribution in [0, 0.1) is 5.92 Å². The van der Waals surface area contributed by atoms with Crippen LogP contribution >= 0.6 is 11.3 Å². The molecule has 1 N–H and O–H groups in total. The molecule has 2 heterocycles. The molecule has 0 bridgehead atoms. The molecule has 0 radical (unpaired) electrons. The quantitative estimate of drug-likeness (QED) is 0.668. The average molecular weight is 295 g/mol. The van der Waals surface area contributed by atoms with Crippen molar-refractivity contribution in [1.82, 2.24) is 10.2 Å². The molecule has 1 aromatic rings. The first-order chi connectivity index (χ1) is 9.79. The van der Waals surface area contributed by atoms with Gasteiger partial charge in [-0.25, -0.2) is 0 Å². The maximum Gasteiger partial charge on any atom is 0.193 e. The first-order valence-corrected chi connectivity index (χ1v) is 8.19. The van der Waals surface area contributed by atoms with Gasteiger partial charge in [0.25, 0.3) is 0 Å². The molecular weight excluding hydrogens is 270 g/mol. The van der Waals surface area contributed by atoms with Gasteiger partial charge in [-0.05, 0) is 36.6 Å². The number of hydrogen-bond acceptors (Lipinski definition) is 3. The van der Waals surface area contributed by atoms with Crippen LogP contribution in [0.4, 0.5) is 0 Å². The van der Waals surface area contributed by atoms with Gasteiger partial charge in [0.2, 0.25) is 0 Å². The molecule has 1 aliphatic rings. The highest BCUT2D eigenvalue weighted by atomic mass is 32.1. The minimum absolute atomic E-state index is 0.714. The lowest BCUT2D eigenvalue weighted by molar-refractivity contribution is 0.0674. The Balaban J connectivity index is 1.72. The molecule has 1 fully saturated rings. The fourth-order valence-electron chi connectivity index (χ4n) is 2.41. The first kappa shape index (κ1) is 15.3. The van der Waals surface area contributed by atoms with Gasteiger partial charge >= 0.3 is 0 Å². The first-order valence-electron chi connectivity index (χ1n) is 7.31. The Bertz CT molecular complexity index is 399. The third kappa shape index (κ3) is 4.80. The van der Waals surface area contributed by atoms with Gasteiger partial charge in [0, 0.05) is 45.3 Å². The van der Waals surface area contributed by atoms with Gasteiger partial charge in [-0.1, -0.05) is 6.07 Å². The predicted octanol–water partition coefficient (Wildman–Crippen LogP) is 2.22.